The molecule has 0 unspecified atom stereocenters. The number of hydrogen-bond acceptors (Lipinski definition) is 5. The fourth-order valence-electron chi connectivity index (χ4n) is 4.23. The lowest BCUT2D eigenvalue weighted by Crippen LogP contribution is -2.37. The molecule has 4 rings (SSSR count). The normalized spacial score (nSPS) is 14.6. The van der Waals surface area contributed by atoms with Crippen LogP contribution in [0.4, 0.5) is 5.82 Å². The minimum atomic E-state index is 0.450. The number of nitrogens with one attached hydrogen (secondary N) is 1. The monoisotopic (exact) mass is 401 g/mol. The molecule has 6 nitrogen and oxygen atoms in total. The van der Waals surface area contributed by atoms with Crippen molar-refractivity contribution in [1.29, 1.82) is 5.26 Å². The van der Waals surface area contributed by atoms with E-state index in [1.54, 1.807) is 0 Å². The first-order valence-electron chi connectivity index (χ1n) is 10.5. The van der Waals surface area contributed by atoms with Crippen LogP contribution in [-0.2, 0) is 11.2 Å². The van der Waals surface area contributed by atoms with Crippen LogP contribution in [0.25, 0.3) is 16.7 Å². The third-order valence-electron chi connectivity index (χ3n) is 5.80. The van der Waals surface area contributed by atoms with E-state index in [0.717, 1.165) is 85.0 Å². The van der Waals surface area contributed by atoms with E-state index in [-0.39, 0.29) is 0 Å². The van der Waals surface area contributed by atoms with E-state index >= 15 is 0 Å². The summed E-state index contributed by atoms with van der Waals surface area (Å²) in [6.07, 6.45) is 8.02. The van der Waals surface area contributed by atoms with E-state index in [2.05, 4.69) is 32.7 Å². The molecule has 1 aliphatic rings. The summed E-state index contributed by atoms with van der Waals surface area (Å²) in [6, 6.07) is 10.4. The number of aromatic nitrogens is 2. The zero-order valence-corrected chi connectivity index (χ0v) is 17.4. The Morgan fingerprint density at radius 2 is 2.07 bits per heavy atom. The average molecular weight is 402 g/mol. The topological polar surface area (TPSA) is 65.6 Å². The van der Waals surface area contributed by atoms with Crippen molar-refractivity contribution in [3.63, 3.8) is 0 Å². The van der Waals surface area contributed by atoms with E-state index in [1.807, 2.05) is 25.1 Å². The summed E-state index contributed by atoms with van der Waals surface area (Å²) in [4.78, 5) is 7.27. The van der Waals surface area contributed by atoms with Gasteiger partial charge in [0.25, 0.3) is 0 Å². The van der Waals surface area contributed by atoms with Gasteiger partial charge < -0.3 is 10.1 Å². The molecule has 1 fully saturated rings. The van der Waals surface area contributed by atoms with Gasteiger partial charge in [-0.2, -0.15) is 5.26 Å². The first-order chi connectivity index (χ1) is 14.7. The number of nitriles is 1. The van der Waals surface area contributed by atoms with Crippen LogP contribution >= 0.6 is 0 Å². The van der Waals surface area contributed by atoms with Crippen molar-refractivity contribution in [2.75, 3.05) is 44.7 Å². The van der Waals surface area contributed by atoms with Crippen molar-refractivity contribution >= 4 is 22.5 Å². The maximum Gasteiger partial charge on any atom is 0.155 e. The molecular weight excluding hydrogens is 374 g/mol. The quantitative estimate of drug-likeness (QED) is 0.486. The van der Waals surface area contributed by atoms with Gasteiger partial charge in [0, 0.05) is 26.1 Å². The van der Waals surface area contributed by atoms with Gasteiger partial charge in [-0.3, -0.25) is 9.30 Å². The van der Waals surface area contributed by atoms with Crippen LogP contribution in [0, 0.1) is 30.6 Å². The van der Waals surface area contributed by atoms with Gasteiger partial charge >= 0.3 is 0 Å². The van der Waals surface area contributed by atoms with E-state index < -0.39 is 0 Å². The minimum Gasteiger partial charge on any atom is -0.379 e. The Kier molecular flexibility index (Phi) is 6.18. The number of ether oxygens (including phenoxy) is 1. The highest BCUT2D eigenvalue weighted by Crippen LogP contribution is 2.31. The molecule has 0 amide bonds. The third kappa shape index (κ3) is 3.85. The molecular formula is C24H27N5O. The highest BCUT2D eigenvalue weighted by Gasteiger charge is 2.19. The van der Waals surface area contributed by atoms with Crippen molar-refractivity contribution in [3.05, 3.63) is 41.0 Å². The Labute approximate surface area is 177 Å². The van der Waals surface area contributed by atoms with Gasteiger partial charge in [-0.15, -0.1) is 6.42 Å². The van der Waals surface area contributed by atoms with Crippen LogP contribution in [0.3, 0.4) is 0 Å². The summed E-state index contributed by atoms with van der Waals surface area (Å²) in [5.41, 5.74) is 5.68. The number of anilines is 1. The van der Waals surface area contributed by atoms with Crippen LogP contribution in [0.1, 0.15) is 29.5 Å². The smallest absolute Gasteiger partial charge is 0.155 e. The van der Waals surface area contributed by atoms with Crippen molar-refractivity contribution < 1.29 is 4.74 Å². The number of terminal acetylenes is 1. The van der Waals surface area contributed by atoms with Crippen molar-refractivity contribution in [3.8, 4) is 18.4 Å². The molecule has 3 heterocycles. The highest BCUT2D eigenvalue weighted by atomic mass is 16.5. The summed E-state index contributed by atoms with van der Waals surface area (Å²) in [5, 5.41) is 12.9. The minimum absolute atomic E-state index is 0.450. The van der Waals surface area contributed by atoms with Crippen LogP contribution in [-0.4, -0.2) is 53.7 Å². The van der Waals surface area contributed by atoms with Gasteiger partial charge in [-0.25, -0.2) is 4.98 Å². The fraction of sp³-hybridized carbons (Fsp3) is 0.417. The lowest BCUT2D eigenvalue weighted by molar-refractivity contribution is 0.0378. The highest BCUT2D eigenvalue weighted by molar-refractivity contribution is 5.86. The summed E-state index contributed by atoms with van der Waals surface area (Å²) in [7, 11) is 0. The maximum atomic E-state index is 9.19. The Balaban J connectivity index is 1.71. The fourth-order valence-corrected chi connectivity index (χ4v) is 4.23. The lowest BCUT2D eigenvalue weighted by Gasteiger charge is -2.26. The number of morpholine rings is 1. The summed E-state index contributed by atoms with van der Waals surface area (Å²) >= 11 is 0. The molecule has 0 bridgehead atoms. The number of rotatable bonds is 7. The molecule has 1 aromatic carbocycles. The molecule has 0 aliphatic carbocycles. The van der Waals surface area contributed by atoms with Gasteiger partial charge in [-0.05, 0) is 49.6 Å². The molecule has 3 aromatic rings. The summed E-state index contributed by atoms with van der Waals surface area (Å²) in [5.74, 6) is 3.85. The van der Waals surface area contributed by atoms with E-state index in [4.69, 9.17) is 16.1 Å². The van der Waals surface area contributed by atoms with Crippen LogP contribution in [0.15, 0.2) is 24.3 Å². The lowest BCUT2D eigenvalue weighted by atomic mass is 10.00. The van der Waals surface area contributed by atoms with Crippen LogP contribution in [0.2, 0.25) is 0 Å². The Morgan fingerprint density at radius 1 is 1.27 bits per heavy atom. The zero-order chi connectivity index (χ0) is 20.9. The number of fused-ring (bicyclic) bond motifs is 3. The van der Waals surface area contributed by atoms with Crippen LogP contribution in [0.5, 0.6) is 0 Å². The second kappa shape index (κ2) is 9.17. The van der Waals surface area contributed by atoms with Gasteiger partial charge in [0.2, 0.25) is 0 Å². The molecule has 0 atom stereocenters. The summed E-state index contributed by atoms with van der Waals surface area (Å²) < 4.78 is 7.57. The Morgan fingerprint density at radius 3 is 2.83 bits per heavy atom. The van der Waals surface area contributed by atoms with Crippen molar-refractivity contribution in [2.24, 2.45) is 0 Å². The SMILES string of the molecule is C#Cc1c(C)c(CCC#N)c(NCCCN2CCOCC2)n2c1nc1ccccc12. The molecule has 2 aromatic heterocycles. The molecule has 6 heteroatoms. The average Bonchev–Trinajstić information content (AvgIpc) is 3.16. The van der Waals surface area contributed by atoms with E-state index in [0.29, 0.717) is 12.8 Å². The number of nitrogens with zero attached hydrogens (tertiary/aromatic N) is 4. The zero-order valence-electron chi connectivity index (χ0n) is 17.4. The van der Waals surface area contributed by atoms with E-state index in [9.17, 15) is 5.26 Å². The summed E-state index contributed by atoms with van der Waals surface area (Å²) in [6.45, 7) is 7.56. The number of para-hydroxylation sites is 2. The molecule has 154 valence electrons. The molecule has 1 saturated heterocycles. The molecule has 0 saturated carbocycles. The standard InChI is InChI=1S/C24H27N5O/c1-3-19-18(2)20(8-6-11-25)23(26-12-7-13-28-14-16-30-17-15-28)29-22-10-5-4-9-21(22)27-24(19)29/h1,4-5,9-10,26H,6-8,12-17H2,2H3. The second-order valence-corrected chi connectivity index (χ2v) is 7.62. The van der Waals surface area contributed by atoms with Gasteiger partial charge in [0.1, 0.15) is 5.82 Å². The number of benzene rings is 1. The molecule has 1 aliphatic heterocycles. The van der Waals surface area contributed by atoms with Gasteiger partial charge in [0.15, 0.2) is 5.65 Å². The number of pyridine rings is 1. The molecule has 0 spiro atoms. The second-order valence-electron chi connectivity index (χ2n) is 7.62. The third-order valence-corrected chi connectivity index (χ3v) is 5.80. The first kappa shape index (κ1) is 20.2. The van der Waals surface area contributed by atoms with E-state index in [1.165, 1.54) is 0 Å². The molecule has 30 heavy (non-hydrogen) atoms. The van der Waals surface area contributed by atoms with Crippen LogP contribution < -0.4 is 5.32 Å². The molecule has 0 radical (unpaired) electrons. The molecule has 1 N–H and O–H groups in total. The predicted octanol–water partition coefficient (Wildman–Crippen LogP) is 3.37. The largest absolute Gasteiger partial charge is 0.379 e. The first-order valence-corrected chi connectivity index (χ1v) is 10.5. The van der Waals surface area contributed by atoms with Gasteiger partial charge in [0.05, 0.1) is 35.9 Å². The number of hydrogen-bond donors (Lipinski definition) is 1. The predicted molar refractivity (Wildman–Crippen MR) is 120 cm³/mol. The van der Waals surface area contributed by atoms with Crippen molar-refractivity contribution in [1.82, 2.24) is 14.3 Å². The van der Waals surface area contributed by atoms with Gasteiger partial charge in [-0.1, -0.05) is 18.1 Å². The van der Waals surface area contributed by atoms with Crippen molar-refractivity contribution in [2.45, 2.75) is 26.2 Å². The Hall–Kier alpha value is -3.06. The maximum absolute atomic E-state index is 9.19. The Bertz CT molecular complexity index is 1130. The number of imidazole rings is 1.